The highest BCUT2D eigenvalue weighted by Crippen LogP contribution is 2.31. The first kappa shape index (κ1) is 26.6. The van der Waals surface area contributed by atoms with Crippen LogP contribution in [-0.4, -0.2) is 17.1 Å². The van der Waals surface area contributed by atoms with Crippen LogP contribution in [0.25, 0.3) is 6.08 Å². The Labute approximate surface area is 232 Å². The van der Waals surface area contributed by atoms with Crippen molar-refractivity contribution in [2.24, 2.45) is 4.99 Å². The number of hydrogen-bond donors (Lipinski definition) is 0. The van der Waals surface area contributed by atoms with Gasteiger partial charge in [0.05, 0.1) is 28.5 Å². The van der Waals surface area contributed by atoms with Crippen molar-refractivity contribution in [2.45, 2.75) is 26.5 Å². The van der Waals surface area contributed by atoms with Crippen molar-refractivity contribution in [1.29, 1.82) is 0 Å². The normalized spacial score (nSPS) is 15.1. The molecule has 39 heavy (non-hydrogen) atoms. The number of aromatic nitrogens is 1. The standard InChI is InChI=1S/C30H24ClFN2O4S/c1-3-37-29(36)26-18(2)33-30-34(27(26)20-9-12-23(32)13-10-20)28(35)25(39-30)16-21-15-22(31)11-14-24(21)38-17-19-7-5-4-6-8-19/h4-16,27H,3,17H2,1-2H3/b25-16-/t27-/m1/s1. The van der Waals surface area contributed by atoms with Crippen LogP contribution in [-0.2, 0) is 16.1 Å². The van der Waals surface area contributed by atoms with Crippen molar-refractivity contribution in [3.63, 3.8) is 0 Å². The summed E-state index contributed by atoms with van der Waals surface area (Å²) in [5.74, 6) is -0.435. The number of carbonyl (C=O) groups excluding carboxylic acids is 1. The van der Waals surface area contributed by atoms with Gasteiger partial charge in [0.1, 0.15) is 18.2 Å². The Bertz CT molecular complexity index is 1740. The van der Waals surface area contributed by atoms with Crippen LogP contribution in [0.15, 0.2) is 93.9 Å². The SMILES string of the molecule is CCOC(=O)C1=C(C)N=c2s/c(=C\c3cc(Cl)ccc3OCc3ccccc3)c(=O)n2[C@@H]1c1ccc(F)cc1. The van der Waals surface area contributed by atoms with Crippen LogP contribution in [0.3, 0.4) is 0 Å². The predicted octanol–water partition coefficient (Wildman–Crippen LogP) is 5.17. The lowest BCUT2D eigenvalue weighted by atomic mass is 9.96. The van der Waals surface area contributed by atoms with E-state index >= 15 is 0 Å². The highest BCUT2D eigenvalue weighted by atomic mass is 35.5. The molecule has 0 saturated heterocycles. The summed E-state index contributed by atoms with van der Waals surface area (Å²) >= 11 is 7.48. The average Bonchev–Trinajstić information content (AvgIpc) is 3.22. The molecule has 3 aromatic carbocycles. The number of thiazole rings is 1. The van der Waals surface area contributed by atoms with Gasteiger partial charge >= 0.3 is 5.97 Å². The van der Waals surface area contributed by atoms with Gasteiger partial charge in [0.25, 0.3) is 5.56 Å². The molecule has 2 heterocycles. The fourth-order valence-corrected chi connectivity index (χ4v) is 5.61. The zero-order chi connectivity index (χ0) is 27.5. The van der Waals surface area contributed by atoms with Crippen molar-refractivity contribution in [3.05, 3.63) is 131 Å². The van der Waals surface area contributed by atoms with Gasteiger partial charge in [-0.2, -0.15) is 0 Å². The molecule has 198 valence electrons. The number of fused-ring (bicyclic) bond motifs is 1. The summed E-state index contributed by atoms with van der Waals surface area (Å²) in [6.07, 6.45) is 1.71. The maximum atomic E-state index is 13.8. The zero-order valence-electron chi connectivity index (χ0n) is 21.2. The summed E-state index contributed by atoms with van der Waals surface area (Å²) in [4.78, 5) is 31.8. The van der Waals surface area contributed by atoms with Crippen LogP contribution >= 0.6 is 22.9 Å². The molecule has 0 amide bonds. The summed E-state index contributed by atoms with van der Waals surface area (Å²) in [7, 11) is 0. The summed E-state index contributed by atoms with van der Waals surface area (Å²) < 4.78 is 26.9. The van der Waals surface area contributed by atoms with Crippen molar-refractivity contribution < 1.29 is 18.7 Å². The minimum atomic E-state index is -0.823. The van der Waals surface area contributed by atoms with E-state index in [4.69, 9.17) is 21.1 Å². The first-order chi connectivity index (χ1) is 18.9. The molecule has 1 aliphatic rings. The smallest absolute Gasteiger partial charge is 0.338 e. The van der Waals surface area contributed by atoms with Gasteiger partial charge in [0, 0.05) is 10.6 Å². The Morgan fingerprint density at radius 2 is 1.87 bits per heavy atom. The second-order valence-electron chi connectivity index (χ2n) is 8.81. The monoisotopic (exact) mass is 562 g/mol. The molecule has 0 radical (unpaired) electrons. The maximum absolute atomic E-state index is 13.8. The van der Waals surface area contributed by atoms with E-state index in [1.54, 1.807) is 50.3 Å². The summed E-state index contributed by atoms with van der Waals surface area (Å²) in [6, 6.07) is 19.8. The second-order valence-corrected chi connectivity index (χ2v) is 10.3. The summed E-state index contributed by atoms with van der Waals surface area (Å²) in [5, 5.41) is 0.491. The molecule has 1 aliphatic heterocycles. The quantitative estimate of drug-likeness (QED) is 0.291. The molecule has 0 spiro atoms. The van der Waals surface area contributed by atoms with E-state index in [0.29, 0.717) is 43.5 Å². The second kappa shape index (κ2) is 11.4. The molecule has 0 bridgehead atoms. The minimum Gasteiger partial charge on any atom is -0.488 e. The van der Waals surface area contributed by atoms with E-state index in [2.05, 4.69) is 4.99 Å². The first-order valence-corrected chi connectivity index (χ1v) is 13.5. The number of benzene rings is 3. The largest absolute Gasteiger partial charge is 0.488 e. The van der Waals surface area contributed by atoms with E-state index < -0.39 is 17.8 Å². The molecule has 0 fully saturated rings. The lowest BCUT2D eigenvalue weighted by molar-refractivity contribution is -0.139. The number of halogens is 2. The van der Waals surface area contributed by atoms with Crippen LogP contribution in [0.2, 0.25) is 5.02 Å². The van der Waals surface area contributed by atoms with E-state index in [-0.39, 0.29) is 17.7 Å². The van der Waals surface area contributed by atoms with E-state index in [9.17, 15) is 14.0 Å². The molecular weight excluding hydrogens is 539 g/mol. The summed E-state index contributed by atoms with van der Waals surface area (Å²) in [5.41, 5.74) is 2.51. The van der Waals surface area contributed by atoms with Crippen LogP contribution in [0.1, 0.15) is 36.6 Å². The number of rotatable bonds is 7. The average molecular weight is 563 g/mol. The number of esters is 1. The molecule has 4 aromatic rings. The van der Waals surface area contributed by atoms with Gasteiger partial charge in [-0.15, -0.1) is 0 Å². The number of allylic oxidation sites excluding steroid dienone is 1. The van der Waals surface area contributed by atoms with E-state index in [1.807, 2.05) is 30.3 Å². The Hall–Kier alpha value is -4.01. The van der Waals surface area contributed by atoms with E-state index in [1.165, 1.54) is 28.0 Å². The predicted molar refractivity (Wildman–Crippen MR) is 149 cm³/mol. The Kier molecular flexibility index (Phi) is 7.77. The third kappa shape index (κ3) is 5.57. The molecule has 1 aromatic heterocycles. The van der Waals surface area contributed by atoms with Gasteiger partial charge in [0.2, 0.25) is 0 Å². The lowest BCUT2D eigenvalue weighted by Gasteiger charge is -2.24. The fourth-order valence-electron chi connectivity index (χ4n) is 4.39. The van der Waals surface area contributed by atoms with Crippen molar-refractivity contribution in [1.82, 2.24) is 4.57 Å². The van der Waals surface area contributed by atoms with Crippen LogP contribution in [0, 0.1) is 5.82 Å². The first-order valence-electron chi connectivity index (χ1n) is 12.3. The number of ether oxygens (including phenoxy) is 2. The van der Waals surface area contributed by atoms with Crippen molar-refractivity contribution in [2.75, 3.05) is 6.61 Å². The van der Waals surface area contributed by atoms with Gasteiger partial charge in [-0.25, -0.2) is 14.2 Å². The highest BCUT2D eigenvalue weighted by Gasteiger charge is 2.33. The van der Waals surface area contributed by atoms with Gasteiger partial charge in [-0.1, -0.05) is 65.4 Å². The number of nitrogens with zero attached hydrogens (tertiary/aromatic N) is 2. The van der Waals surface area contributed by atoms with Gasteiger partial charge in [-0.05, 0) is 61.4 Å². The van der Waals surface area contributed by atoms with Crippen molar-refractivity contribution >= 4 is 35.0 Å². The van der Waals surface area contributed by atoms with Gasteiger partial charge in [0.15, 0.2) is 4.80 Å². The Balaban J connectivity index is 1.63. The fraction of sp³-hybridized carbons (Fsp3) is 0.167. The third-order valence-electron chi connectivity index (χ3n) is 6.20. The summed E-state index contributed by atoms with van der Waals surface area (Å²) in [6.45, 7) is 3.92. The molecule has 0 N–H and O–H groups in total. The number of hydrogen-bond acceptors (Lipinski definition) is 6. The maximum Gasteiger partial charge on any atom is 0.338 e. The molecule has 5 rings (SSSR count). The molecule has 9 heteroatoms. The van der Waals surface area contributed by atoms with Gasteiger partial charge in [-0.3, -0.25) is 9.36 Å². The Morgan fingerprint density at radius 3 is 2.59 bits per heavy atom. The highest BCUT2D eigenvalue weighted by molar-refractivity contribution is 7.07. The molecule has 1 atom stereocenters. The third-order valence-corrected chi connectivity index (χ3v) is 7.42. The van der Waals surface area contributed by atoms with Crippen LogP contribution < -0.4 is 19.6 Å². The van der Waals surface area contributed by atoms with Crippen LogP contribution in [0.4, 0.5) is 4.39 Å². The number of carbonyl (C=O) groups is 1. The molecule has 0 aliphatic carbocycles. The van der Waals surface area contributed by atoms with E-state index in [0.717, 1.165) is 5.56 Å². The van der Waals surface area contributed by atoms with Gasteiger partial charge < -0.3 is 9.47 Å². The Morgan fingerprint density at radius 1 is 1.13 bits per heavy atom. The van der Waals surface area contributed by atoms with Crippen LogP contribution in [0.5, 0.6) is 5.75 Å². The lowest BCUT2D eigenvalue weighted by Crippen LogP contribution is -2.39. The molecule has 0 unspecified atom stereocenters. The zero-order valence-corrected chi connectivity index (χ0v) is 22.8. The minimum absolute atomic E-state index is 0.163. The molecular formula is C30H24ClFN2O4S. The molecule has 6 nitrogen and oxygen atoms in total. The topological polar surface area (TPSA) is 69.9 Å². The molecule has 0 saturated carbocycles. The van der Waals surface area contributed by atoms with Crippen molar-refractivity contribution in [3.8, 4) is 5.75 Å².